The number of amides is 1. The van der Waals surface area contributed by atoms with E-state index in [1.54, 1.807) is 0 Å². The Morgan fingerprint density at radius 2 is 2.19 bits per heavy atom. The third-order valence-corrected chi connectivity index (χ3v) is 5.87. The van der Waals surface area contributed by atoms with E-state index in [-0.39, 0.29) is 5.91 Å². The number of benzene rings is 1. The number of nitrogens with zero attached hydrogens (tertiary/aromatic N) is 3. The van der Waals surface area contributed by atoms with Gasteiger partial charge < -0.3 is 10.2 Å². The van der Waals surface area contributed by atoms with Crippen LogP contribution in [0.15, 0.2) is 54.2 Å². The van der Waals surface area contributed by atoms with Gasteiger partial charge in [-0.1, -0.05) is 25.1 Å². The summed E-state index contributed by atoms with van der Waals surface area (Å²) in [6.45, 7) is 4.82. The van der Waals surface area contributed by atoms with Gasteiger partial charge in [-0.15, -0.1) is 11.3 Å². The molecule has 1 aromatic carbocycles. The van der Waals surface area contributed by atoms with Gasteiger partial charge in [0.1, 0.15) is 0 Å². The van der Waals surface area contributed by atoms with E-state index in [1.165, 1.54) is 11.3 Å². The Hall–Kier alpha value is -2.44. The number of thiophene rings is 1. The highest BCUT2D eigenvalue weighted by Crippen LogP contribution is 2.28. The zero-order chi connectivity index (χ0) is 18.6. The van der Waals surface area contributed by atoms with Gasteiger partial charge in [0.05, 0.1) is 16.8 Å². The largest absolute Gasteiger partial charge is 0.334 e. The molecule has 1 atom stereocenters. The molecule has 0 bridgehead atoms. The monoisotopic (exact) mass is 380 g/mol. The Balaban J connectivity index is 1.54. The van der Waals surface area contributed by atoms with Gasteiger partial charge in [-0.3, -0.25) is 4.79 Å². The fraction of sp³-hybridized carbons (Fsp3) is 0.333. The minimum Gasteiger partial charge on any atom is -0.334 e. The van der Waals surface area contributed by atoms with E-state index in [1.807, 2.05) is 58.4 Å². The van der Waals surface area contributed by atoms with Crippen LogP contribution in [0.1, 0.15) is 29.4 Å². The topological polar surface area (TPSA) is 50.2 Å². The van der Waals surface area contributed by atoms with E-state index in [0.717, 1.165) is 54.2 Å². The van der Waals surface area contributed by atoms with Gasteiger partial charge in [-0.25, -0.2) is 4.68 Å². The number of rotatable bonds is 6. The molecule has 1 amide bonds. The van der Waals surface area contributed by atoms with Crippen molar-refractivity contribution in [3.8, 4) is 16.8 Å². The zero-order valence-electron chi connectivity index (χ0n) is 15.5. The van der Waals surface area contributed by atoms with E-state index >= 15 is 0 Å². The smallest absolute Gasteiger partial charge is 0.264 e. The number of nitrogens with one attached hydrogen (secondary N) is 1. The summed E-state index contributed by atoms with van der Waals surface area (Å²) in [6.07, 6.45) is 5.88. The van der Waals surface area contributed by atoms with Gasteiger partial charge in [0.2, 0.25) is 0 Å². The van der Waals surface area contributed by atoms with Gasteiger partial charge in [-0.05, 0) is 48.5 Å². The molecule has 1 aliphatic rings. The Morgan fingerprint density at radius 3 is 2.93 bits per heavy atom. The van der Waals surface area contributed by atoms with Crippen molar-refractivity contribution < 1.29 is 4.79 Å². The number of para-hydroxylation sites is 1. The highest BCUT2D eigenvalue weighted by atomic mass is 32.1. The maximum Gasteiger partial charge on any atom is 0.264 e. The zero-order valence-corrected chi connectivity index (χ0v) is 16.3. The number of hydrogen-bond acceptors (Lipinski definition) is 4. The first-order valence-electron chi connectivity index (χ1n) is 9.47. The summed E-state index contributed by atoms with van der Waals surface area (Å²) >= 11 is 1.52. The summed E-state index contributed by atoms with van der Waals surface area (Å²) in [4.78, 5) is 15.9. The van der Waals surface area contributed by atoms with Crippen molar-refractivity contribution in [3.05, 3.63) is 59.0 Å². The van der Waals surface area contributed by atoms with E-state index in [2.05, 4.69) is 22.7 Å². The van der Waals surface area contributed by atoms with Crippen molar-refractivity contribution in [2.24, 2.45) is 0 Å². The summed E-state index contributed by atoms with van der Waals surface area (Å²) in [5.41, 5.74) is 3.10. The standard InChI is InChI=1S/C21H24N4OS/c1-2-10-24(19-8-9-22-13-19)21(26)20-11-16(15-27-20)17-12-23-25(14-17)18-6-4-3-5-7-18/h3-7,11-12,14-15,19,22H,2,8-10,13H2,1H3/t19-/m0/s1. The van der Waals surface area contributed by atoms with Crippen LogP contribution in [0.25, 0.3) is 16.8 Å². The average molecular weight is 381 g/mol. The highest BCUT2D eigenvalue weighted by Gasteiger charge is 2.27. The summed E-state index contributed by atoms with van der Waals surface area (Å²) in [5, 5.41) is 9.88. The molecule has 1 aliphatic heterocycles. The lowest BCUT2D eigenvalue weighted by Crippen LogP contribution is -2.41. The molecule has 6 heteroatoms. The highest BCUT2D eigenvalue weighted by molar-refractivity contribution is 7.12. The SMILES string of the molecule is CCCN(C(=O)c1cc(-c2cnn(-c3ccccc3)c2)cs1)[C@H]1CCNC1. The van der Waals surface area contributed by atoms with Gasteiger partial charge in [-0.2, -0.15) is 5.10 Å². The molecular formula is C21H24N4OS. The molecule has 1 fully saturated rings. The van der Waals surface area contributed by atoms with Crippen LogP contribution in [0.3, 0.4) is 0 Å². The summed E-state index contributed by atoms with van der Waals surface area (Å²) < 4.78 is 1.86. The number of carbonyl (C=O) groups excluding carboxylic acids is 1. The maximum atomic E-state index is 13.1. The molecule has 0 unspecified atom stereocenters. The van der Waals surface area contributed by atoms with Gasteiger partial charge in [0, 0.05) is 30.9 Å². The molecule has 3 aromatic rings. The van der Waals surface area contributed by atoms with Crippen LogP contribution in [0, 0.1) is 0 Å². The minimum atomic E-state index is 0.150. The fourth-order valence-electron chi connectivity index (χ4n) is 3.53. The first kappa shape index (κ1) is 17.9. The Morgan fingerprint density at radius 1 is 1.33 bits per heavy atom. The second kappa shape index (κ2) is 8.06. The van der Waals surface area contributed by atoms with Crippen LogP contribution < -0.4 is 5.32 Å². The predicted octanol–water partition coefficient (Wildman–Crippen LogP) is 3.81. The lowest BCUT2D eigenvalue weighted by Gasteiger charge is -2.27. The molecule has 0 aliphatic carbocycles. The van der Waals surface area contributed by atoms with E-state index < -0.39 is 0 Å². The molecule has 5 nitrogen and oxygen atoms in total. The minimum absolute atomic E-state index is 0.150. The Kier molecular flexibility index (Phi) is 5.36. The molecule has 1 N–H and O–H groups in total. The van der Waals surface area contributed by atoms with Gasteiger partial charge in [0.15, 0.2) is 0 Å². The van der Waals surface area contributed by atoms with Crippen molar-refractivity contribution in [1.29, 1.82) is 0 Å². The van der Waals surface area contributed by atoms with E-state index in [0.29, 0.717) is 6.04 Å². The van der Waals surface area contributed by atoms with Crippen molar-refractivity contribution in [1.82, 2.24) is 20.0 Å². The quantitative estimate of drug-likeness (QED) is 0.707. The average Bonchev–Trinajstić information content (AvgIpc) is 3.47. The Bertz CT molecular complexity index is 896. The van der Waals surface area contributed by atoms with E-state index in [4.69, 9.17) is 0 Å². The van der Waals surface area contributed by atoms with Crippen LogP contribution in [-0.4, -0.2) is 46.3 Å². The lowest BCUT2D eigenvalue weighted by molar-refractivity contribution is 0.0697. The van der Waals surface area contributed by atoms with Crippen molar-refractivity contribution in [2.45, 2.75) is 25.8 Å². The molecule has 2 aromatic heterocycles. The predicted molar refractivity (Wildman–Crippen MR) is 109 cm³/mol. The molecule has 0 saturated carbocycles. The third kappa shape index (κ3) is 3.82. The van der Waals surface area contributed by atoms with Crippen LogP contribution in [0.5, 0.6) is 0 Å². The van der Waals surface area contributed by atoms with Gasteiger partial charge in [0.25, 0.3) is 5.91 Å². The molecule has 27 heavy (non-hydrogen) atoms. The maximum absolute atomic E-state index is 13.1. The third-order valence-electron chi connectivity index (χ3n) is 4.95. The lowest BCUT2D eigenvalue weighted by atomic mass is 10.1. The summed E-state index contributed by atoms with van der Waals surface area (Å²) in [7, 11) is 0. The van der Waals surface area contributed by atoms with Crippen molar-refractivity contribution in [3.63, 3.8) is 0 Å². The summed E-state index contributed by atoms with van der Waals surface area (Å²) in [5.74, 6) is 0.150. The van der Waals surface area contributed by atoms with Crippen molar-refractivity contribution in [2.75, 3.05) is 19.6 Å². The van der Waals surface area contributed by atoms with Crippen LogP contribution in [-0.2, 0) is 0 Å². The first-order valence-corrected chi connectivity index (χ1v) is 10.3. The van der Waals surface area contributed by atoms with Crippen LogP contribution in [0.4, 0.5) is 0 Å². The van der Waals surface area contributed by atoms with E-state index in [9.17, 15) is 4.79 Å². The molecule has 0 spiro atoms. The molecular weight excluding hydrogens is 356 g/mol. The summed E-state index contributed by atoms with van der Waals surface area (Å²) in [6, 6.07) is 12.4. The molecule has 0 radical (unpaired) electrons. The van der Waals surface area contributed by atoms with Crippen LogP contribution in [0.2, 0.25) is 0 Å². The number of hydrogen-bond donors (Lipinski definition) is 1. The number of aromatic nitrogens is 2. The molecule has 3 heterocycles. The fourth-order valence-corrected chi connectivity index (χ4v) is 4.40. The van der Waals surface area contributed by atoms with Crippen LogP contribution >= 0.6 is 11.3 Å². The molecule has 1 saturated heterocycles. The van der Waals surface area contributed by atoms with Crippen molar-refractivity contribution >= 4 is 17.2 Å². The second-order valence-corrected chi connectivity index (χ2v) is 7.77. The molecule has 4 rings (SSSR count). The molecule has 140 valence electrons. The first-order chi connectivity index (χ1) is 13.3. The number of carbonyl (C=O) groups is 1. The second-order valence-electron chi connectivity index (χ2n) is 6.85. The normalized spacial score (nSPS) is 16.6. The Labute approximate surface area is 163 Å². The van der Waals surface area contributed by atoms with Gasteiger partial charge >= 0.3 is 0 Å².